The van der Waals surface area contributed by atoms with Crippen LogP contribution in [0.25, 0.3) is 11.5 Å². The first-order valence-electron chi connectivity index (χ1n) is 8.99. The van der Waals surface area contributed by atoms with Gasteiger partial charge < -0.3 is 9.32 Å². The van der Waals surface area contributed by atoms with Crippen LogP contribution in [0.1, 0.15) is 33.8 Å². The van der Waals surface area contributed by atoms with Crippen LogP contribution >= 0.6 is 0 Å². The number of carbonyl (C=O) groups is 2. The molecule has 2 heterocycles. The highest BCUT2D eigenvalue weighted by Gasteiger charge is 2.28. The monoisotopic (exact) mass is 360 g/mol. The van der Waals surface area contributed by atoms with Gasteiger partial charge >= 0.3 is 0 Å². The molecule has 5 nitrogen and oxygen atoms in total. The molecule has 1 aromatic heterocycles. The fourth-order valence-corrected chi connectivity index (χ4v) is 3.32. The first-order valence-corrected chi connectivity index (χ1v) is 8.99. The van der Waals surface area contributed by atoms with Crippen LogP contribution in [0.3, 0.4) is 0 Å². The summed E-state index contributed by atoms with van der Waals surface area (Å²) in [5.74, 6) is 1.15. The third kappa shape index (κ3) is 3.28. The molecule has 1 amide bonds. The summed E-state index contributed by atoms with van der Waals surface area (Å²) >= 11 is 0. The zero-order valence-electron chi connectivity index (χ0n) is 15.4. The van der Waals surface area contributed by atoms with Crippen LogP contribution in [0.2, 0.25) is 0 Å². The van der Waals surface area contributed by atoms with E-state index in [4.69, 9.17) is 4.42 Å². The fourth-order valence-electron chi connectivity index (χ4n) is 3.32. The molecule has 0 saturated carbocycles. The highest BCUT2D eigenvalue weighted by Crippen LogP contribution is 2.28. The quantitative estimate of drug-likeness (QED) is 0.705. The number of fused-ring (bicyclic) bond motifs is 1. The predicted octanol–water partition coefficient (Wildman–Crippen LogP) is 4.12. The van der Waals surface area contributed by atoms with Crippen LogP contribution in [-0.2, 0) is 11.2 Å². The topological polar surface area (TPSA) is 63.4 Å². The molecule has 27 heavy (non-hydrogen) atoms. The summed E-state index contributed by atoms with van der Waals surface area (Å²) in [6, 6.07) is 15.2. The van der Waals surface area contributed by atoms with Gasteiger partial charge in [0.2, 0.25) is 11.8 Å². The number of anilines is 1. The maximum Gasteiger partial charge on any atom is 0.233 e. The maximum absolute atomic E-state index is 12.9. The van der Waals surface area contributed by atoms with Crippen LogP contribution in [-0.4, -0.2) is 23.2 Å². The van der Waals surface area contributed by atoms with Crippen molar-refractivity contribution in [2.24, 2.45) is 0 Å². The van der Waals surface area contributed by atoms with E-state index >= 15 is 0 Å². The van der Waals surface area contributed by atoms with Gasteiger partial charge in [0.15, 0.2) is 5.78 Å². The van der Waals surface area contributed by atoms with Gasteiger partial charge in [0.25, 0.3) is 0 Å². The number of aryl methyl sites for hydroxylation is 2. The highest BCUT2D eigenvalue weighted by atomic mass is 16.4. The fraction of sp³-hybridized carbons (Fsp3) is 0.227. The molecule has 1 aliphatic rings. The summed E-state index contributed by atoms with van der Waals surface area (Å²) in [5.41, 5.74) is 3.96. The number of aromatic nitrogens is 1. The Morgan fingerprint density at radius 3 is 2.63 bits per heavy atom. The second-order valence-electron chi connectivity index (χ2n) is 6.80. The Morgan fingerprint density at radius 2 is 1.85 bits per heavy atom. The second-order valence-corrected chi connectivity index (χ2v) is 6.80. The van der Waals surface area contributed by atoms with Crippen LogP contribution in [0.15, 0.2) is 52.9 Å². The Hall–Kier alpha value is -3.21. The number of carbonyl (C=O) groups excluding carboxylic acids is 2. The number of hydrogen-bond donors (Lipinski definition) is 0. The van der Waals surface area contributed by atoms with Crippen molar-refractivity contribution in [3.63, 3.8) is 0 Å². The van der Waals surface area contributed by atoms with Gasteiger partial charge in [0.1, 0.15) is 5.76 Å². The lowest BCUT2D eigenvalue weighted by Crippen LogP contribution is -2.38. The molecular formula is C22H20N2O3. The summed E-state index contributed by atoms with van der Waals surface area (Å²) in [5, 5.41) is 0. The summed E-state index contributed by atoms with van der Waals surface area (Å²) in [6.07, 6.45) is 0.485. The molecule has 4 rings (SSSR count). The Labute approximate surface area is 157 Å². The number of oxazole rings is 1. The van der Waals surface area contributed by atoms with Crippen molar-refractivity contribution in [1.29, 1.82) is 0 Å². The van der Waals surface area contributed by atoms with Crippen LogP contribution < -0.4 is 4.90 Å². The van der Waals surface area contributed by atoms with E-state index in [2.05, 4.69) is 4.98 Å². The Balaban J connectivity index is 1.58. The molecule has 0 aliphatic carbocycles. The second kappa shape index (κ2) is 6.83. The highest BCUT2D eigenvalue weighted by molar-refractivity contribution is 6.09. The van der Waals surface area contributed by atoms with Crippen molar-refractivity contribution in [2.45, 2.75) is 26.7 Å². The number of amides is 1. The minimum Gasteiger partial charge on any atom is -0.441 e. The third-order valence-electron chi connectivity index (χ3n) is 4.87. The summed E-state index contributed by atoms with van der Waals surface area (Å²) in [6.45, 7) is 4.24. The van der Waals surface area contributed by atoms with Gasteiger partial charge in [-0.1, -0.05) is 29.8 Å². The van der Waals surface area contributed by atoms with Gasteiger partial charge in [-0.15, -0.1) is 0 Å². The van der Waals surface area contributed by atoms with E-state index in [1.165, 1.54) is 0 Å². The number of ketones is 1. The zero-order chi connectivity index (χ0) is 19.0. The maximum atomic E-state index is 12.9. The standard InChI is InChI=1S/C22H20N2O3/c1-14-7-9-16(10-8-14)22-23-18(15(2)27-22)13-21(26)24-12-11-20(25)17-5-3-4-6-19(17)24/h3-10H,11-13H2,1-2H3. The van der Waals surface area contributed by atoms with Gasteiger partial charge in [0.05, 0.1) is 17.8 Å². The van der Waals surface area contributed by atoms with Crippen molar-refractivity contribution in [3.8, 4) is 11.5 Å². The molecule has 136 valence electrons. The number of benzene rings is 2. The van der Waals surface area contributed by atoms with Crippen LogP contribution in [0.5, 0.6) is 0 Å². The molecule has 2 aromatic carbocycles. The first-order chi connectivity index (χ1) is 13.0. The molecule has 0 radical (unpaired) electrons. The van der Waals surface area contributed by atoms with E-state index in [9.17, 15) is 9.59 Å². The SMILES string of the molecule is Cc1ccc(-c2nc(CC(=O)N3CCC(=O)c4ccccc43)c(C)o2)cc1. The van der Waals surface area contributed by atoms with Gasteiger partial charge in [-0.2, -0.15) is 0 Å². The third-order valence-corrected chi connectivity index (χ3v) is 4.87. The molecule has 0 fully saturated rings. The number of Topliss-reactive ketones (excluding diaryl/α,β-unsaturated/α-hetero) is 1. The van der Waals surface area contributed by atoms with Gasteiger partial charge in [-0.05, 0) is 38.1 Å². The van der Waals surface area contributed by atoms with Crippen molar-refractivity contribution in [2.75, 3.05) is 11.4 Å². The van der Waals surface area contributed by atoms with E-state index < -0.39 is 0 Å². The number of hydrogen-bond acceptors (Lipinski definition) is 4. The smallest absolute Gasteiger partial charge is 0.233 e. The lowest BCUT2D eigenvalue weighted by Gasteiger charge is -2.28. The minimum atomic E-state index is -0.0817. The molecule has 1 aliphatic heterocycles. The molecule has 5 heteroatoms. The van der Waals surface area contributed by atoms with Crippen LogP contribution in [0, 0.1) is 13.8 Å². The van der Waals surface area contributed by atoms with E-state index in [0.29, 0.717) is 41.6 Å². The molecule has 0 atom stereocenters. The molecule has 0 spiro atoms. The van der Waals surface area contributed by atoms with E-state index in [-0.39, 0.29) is 18.1 Å². The van der Waals surface area contributed by atoms with Crippen molar-refractivity contribution >= 4 is 17.4 Å². The molecule has 0 unspecified atom stereocenters. The van der Waals surface area contributed by atoms with Crippen molar-refractivity contribution < 1.29 is 14.0 Å². The Bertz CT molecular complexity index is 1020. The van der Waals surface area contributed by atoms with E-state index in [0.717, 1.165) is 11.1 Å². The molecule has 0 N–H and O–H groups in total. The largest absolute Gasteiger partial charge is 0.441 e. The average molecular weight is 360 g/mol. The predicted molar refractivity (Wildman–Crippen MR) is 103 cm³/mol. The number of para-hydroxylation sites is 1. The molecule has 0 saturated heterocycles. The number of nitrogens with zero attached hydrogens (tertiary/aromatic N) is 2. The lowest BCUT2D eigenvalue weighted by atomic mass is 10.00. The molecule has 0 bridgehead atoms. The van der Waals surface area contributed by atoms with Gasteiger partial charge in [0, 0.05) is 24.1 Å². The summed E-state index contributed by atoms with van der Waals surface area (Å²) in [7, 11) is 0. The van der Waals surface area contributed by atoms with Gasteiger partial charge in [-0.3, -0.25) is 9.59 Å². The zero-order valence-corrected chi connectivity index (χ0v) is 15.4. The molecular weight excluding hydrogens is 340 g/mol. The minimum absolute atomic E-state index is 0.0777. The molecule has 3 aromatic rings. The van der Waals surface area contributed by atoms with Crippen molar-refractivity contribution in [1.82, 2.24) is 4.98 Å². The van der Waals surface area contributed by atoms with E-state index in [1.54, 1.807) is 11.0 Å². The first kappa shape index (κ1) is 17.2. The van der Waals surface area contributed by atoms with Gasteiger partial charge in [-0.25, -0.2) is 4.98 Å². The summed E-state index contributed by atoms with van der Waals surface area (Å²) < 4.78 is 5.78. The number of rotatable bonds is 3. The van der Waals surface area contributed by atoms with E-state index in [1.807, 2.05) is 56.3 Å². The summed E-state index contributed by atoms with van der Waals surface area (Å²) in [4.78, 5) is 31.2. The lowest BCUT2D eigenvalue weighted by molar-refractivity contribution is -0.118. The average Bonchev–Trinajstić information content (AvgIpc) is 3.03. The Morgan fingerprint density at radius 1 is 1.11 bits per heavy atom. The van der Waals surface area contributed by atoms with Crippen LogP contribution in [0.4, 0.5) is 5.69 Å². The van der Waals surface area contributed by atoms with Crippen molar-refractivity contribution in [3.05, 3.63) is 71.1 Å². The Kier molecular flexibility index (Phi) is 4.36. The normalized spacial score (nSPS) is 13.6.